The average molecular weight is 244 g/mol. The van der Waals surface area contributed by atoms with Gasteiger partial charge in [0.2, 0.25) is 0 Å². The molecule has 94 valence electrons. The van der Waals surface area contributed by atoms with Gasteiger partial charge in [0.05, 0.1) is 0 Å². The summed E-state index contributed by atoms with van der Waals surface area (Å²) in [7, 11) is 0. The summed E-state index contributed by atoms with van der Waals surface area (Å²) in [5.41, 5.74) is 2.22. The molecule has 1 aromatic heterocycles. The molecule has 2 aromatic rings. The van der Waals surface area contributed by atoms with Crippen LogP contribution in [0.15, 0.2) is 48.8 Å². The Morgan fingerprint density at radius 3 is 2.28 bits per heavy atom. The summed E-state index contributed by atoms with van der Waals surface area (Å²) in [6.45, 7) is 4.16. The van der Waals surface area contributed by atoms with Crippen LogP contribution < -0.4 is 5.32 Å². The molecular weight excluding hydrogens is 227 g/mol. The molecule has 0 aliphatic carbocycles. The lowest BCUT2D eigenvalue weighted by molar-refractivity contribution is 0.493. The van der Waals surface area contributed by atoms with Crippen LogP contribution >= 0.6 is 0 Å². The highest BCUT2D eigenvalue weighted by Crippen LogP contribution is 2.18. The van der Waals surface area contributed by atoms with Crippen molar-refractivity contribution >= 4 is 0 Å². The van der Waals surface area contributed by atoms with Crippen molar-refractivity contribution in [2.45, 2.75) is 25.9 Å². The molecule has 0 spiro atoms. The van der Waals surface area contributed by atoms with Crippen LogP contribution in [0.1, 0.15) is 37.1 Å². The van der Waals surface area contributed by atoms with Crippen LogP contribution in [0.3, 0.4) is 0 Å². The SMILES string of the molecule is CC(N[C@@H](C)c1ccc(F)cc1)c1cccnc1. The summed E-state index contributed by atoms with van der Waals surface area (Å²) in [4.78, 5) is 4.11. The van der Waals surface area contributed by atoms with Gasteiger partial charge in [-0.25, -0.2) is 4.39 Å². The maximum absolute atomic E-state index is 12.8. The molecule has 0 bridgehead atoms. The van der Waals surface area contributed by atoms with Crippen LogP contribution in [0.25, 0.3) is 0 Å². The first-order valence-electron chi connectivity index (χ1n) is 6.08. The van der Waals surface area contributed by atoms with Gasteiger partial charge >= 0.3 is 0 Å². The van der Waals surface area contributed by atoms with Crippen LogP contribution in [0.5, 0.6) is 0 Å². The van der Waals surface area contributed by atoms with Gasteiger partial charge in [0, 0.05) is 24.5 Å². The Morgan fingerprint density at radius 2 is 1.67 bits per heavy atom. The molecule has 0 aliphatic heterocycles. The second kappa shape index (κ2) is 5.74. The molecule has 18 heavy (non-hydrogen) atoms. The summed E-state index contributed by atoms with van der Waals surface area (Å²) in [6.07, 6.45) is 3.62. The monoisotopic (exact) mass is 244 g/mol. The van der Waals surface area contributed by atoms with Crippen molar-refractivity contribution in [1.82, 2.24) is 10.3 Å². The molecule has 0 amide bonds. The molecule has 0 saturated heterocycles. The van der Waals surface area contributed by atoms with Gasteiger partial charge in [-0.15, -0.1) is 0 Å². The van der Waals surface area contributed by atoms with Gasteiger partial charge in [-0.3, -0.25) is 4.98 Å². The van der Waals surface area contributed by atoms with Gasteiger partial charge in [0.15, 0.2) is 0 Å². The van der Waals surface area contributed by atoms with Crippen molar-refractivity contribution in [2.24, 2.45) is 0 Å². The molecule has 0 radical (unpaired) electrons. The van der Waals surface area contributed by atoms with Gasteiger partial charge in [-0.05, 0) is 43.2 Å². The molecule has 2 nitrogen and oxygen atoms in total. The molecule has 2 rings (SSSR count). The quantitative estimate of drug-likeness (QED) is 0.888. The van der Waals surface area contributed by atoms with E-state index in [0.717, 1.165) is 11.1 Å². The molecule has 0 aliphatic rings. The molecule has 1 N–H and O–H groups in total. The summed E-state index contributed by atoms with van der Waals surface area (Å²) in [5, 5.41) is 3.47. The maximum Gasteiger partial charge on any atom is 0.123 e. The highest BCUT2D eigenvalue weighted by atomic mass is 19.1. The van der Waals surface area contributed by atoms with Gasteiger partial charge in [-0.2, -0.15) is 0 Å². The van der Waals surface area contributed by atoms with Crippen molar-refractivity contribution < 1.29 is 4.39 Å². The predicted molar refractivity (Wildman–Crippen MR) is 70.6 cm³/mol. The third-order valence-electron chi connectivity index (χ3n) is 3.05. The Morgan fingerprint density at radius 1 is 1.00 bits per heavy atom. The summed E-state index contributed by atoms with van der Waals surface area (Å²) < 4.78 is 12.8. The largest absolute Gasteiger partial charge is 0.304 e. The maximum atomic E-state index is 12.8. The number of hydrogen-bond donors (Lipinski definition) is 1. The normalized spacial score (nSPS) is 14.2. The Balaban J connectivity index is 2.03. The molecular formula is C15H17FN2. The van der Waals surface area contributed by atoms with Gasteiger partial charge in [0.25, 0.3) is 0 Å². The molecule has 1 aromatic carbocycles. The second-order valence-electron chi connectivity index (χ2n) is 4.45. The standard InChI is InChI=1S/C15H17FN2/c1-11(13-5-7-15(16)8-6-13)18-12(2)14-4-3-9-17-10-14/h3-12,18H,1-2H3/t11-,12?/m0/s1. The molecule has 0 saturated carbocycles. The number of pyridine rings is 1. The molecule has 2 atom stereocenters. The molecule has 1 heterocycles. The van der Waals surface area contributed by atoms with E-state index in [-0.39, 0.29) is 17.9 Å². The lowest BCUT2D eigenvalue weighted by Gasteiger charge is -2.20. The van der Waals surface area contributed by atoms with Gasteiger partial charge < -0.3 is 5.32 Å². The fourth-order valence-electron chi connectivity index (χ4n) is 1.95. The Hall–Kier alpha value is -1.74. The van der Waals surface area contributed by atoms with Gasteiger partial charge in [-0.1, -0.05) is 18.2 Å². The van der Waals surface area contributed by atoms with E-state index >= 15 is 0 Å². The van der Waals surface area contributed by atoms with E-state index in [0.29, 0.717) is 0 Å². The predicted octanol–water partition coefficient (Wildman–Crippen LogP) is 3.63. The smallest absolute Gasteiger partial charge is 0.123 e. The number of benzene rings is 1. The Kier molecular flexibility index (Phi) is 4.05. The lowest BCUT2D eigenvalue weighted by Crippen LogP contribution is -2.22. The molecule has 3 heteroatoms. The van der Waals surface area contributed by atoms with E-state index < -0.39 is 0 Å². The van der Waals surface area contributed by atoms with E-state index in [1.165, 1.54) is 12.1 Å². The van der Waals surface area contributed by atoms with E-state index in [2.05, 4.69) is 24.1 Å². The number of hydrogen-bond acceptors (Lipinski definition) is 2. The number of nitrogens with one attached hydrogen (secondary N) is 1. The zero-order chi connectivity index (χ0) is 13.0. The van der Waals surface area contributed by atoms with Gasteiger partial charge in [0.1, 0.15) is 5.82 Å². The minimum atomic E-state index is -0.203. The van der Waals surface area contributed by atoms with Crippen molar-refractivity contribution in [1.29, 1.82) is 0 Å². The highest BCUT2D eigenvalue weighted by Gasteiger charge is 2.10. The zero-order valence-electron chi connectivity index (χ0n) is 10.6. The van der Waals surface area contributed by atoms with Crippen molar-refractivity contribution in [3.63, 3.8) is 0 Å². The number of rotatable bonds is 4. The first-order valence-corrected chi connectivity index (χ1v) is 6.08. The van der Waals surface area contributed by atoms with Crippen molar-refractivity contribution in [3.05, 3.63) is 65.7 Å². The second-order valence-corrected chi connectivity index (χ2v) is 4.45. The van der Waals surface area contributed by atoms with E-state index in [1.807, 2.05) is 30.5 Å². The first-order chi connectivity index (χ1) is 8.66. The van der Waals surface area contributed by atoms with Crippen LogP contribution in [0.2, 0.25) is 0 Å². The van der Waals surface area contributed by atoms with Crippen LogP contribution in [-0.4, -0.2) is 4.98 Å². The minimum absolute atomic E-state index is 0.167. The van der Waals surface area contributed by atoms with Crippen LogP contribution in [0.4, 0.5) is 4.39 Å². The lowest BCUT2D eigenvalue weighted by atomic mass is 10.1. The Bertz CT molecular complexity index is 482. The third-order valence-corrected chi connectivity index (χ3v) is 3.05. The number of nitrogens with zero attached hydrogens (tertiary/aromatic N) is 1. The Labute approximate surface area is 107 Å². The summed E-state index contributed by atoms with van der Waals surface area (Å²) >= 11 is 0. The zero-order valence-corrected chi connectivity index (χ0v) is 10.6. The minimum Gasteiger partial charge on any atom is -0.304 e. The van der Waals surface area contributed by atoms with E-state index in [4.69, 9.17) is 0 Å². The fraction of sp³-hybridized carbons (Fsp3) is 0.267. The summed E-state index contributed by atoms with van der Waals surface area (Å²) in [6, 6.07) is 10.9. The van der Waals surface area contributed by atoms with Crippen molar-refractivity contribution in [3.8, 4) is 0 Å². The van der Waals surface area contributed by atoms with Crippen molar-refractivity contribution in [2.75, 3.05) is 0 Å². The average Bonchev–Trinajstić information content (AvgIpc) is 2.40. The topological polar surface area (TPSA) is 24.9 Å². The summed E-state index contributed by atoms with van der Waals surface area (Å²) in [5.74, 6) is -0.203. The third kappa shape index (κ3) is 3.14. The first kappa shape index (κ1) is 12.7. The van der Waals surface area contributed by atoms with E-state index in [1.54, 1.807) is 6.20 Å². The molecule has 0 fully saturated rings. The number of halogens is 1. The number of aromatic nitrogens is 1. The van der Waals surface area contributed by atoms with Crippen LogP contribution in [0, 0.1) is 5.82 Å². The molecule has 1 unspecified atom stereocenters. The van der Waals surface area contributed by atoms with Crippen LogP contribution in [-0.2, 0) is 0 Å². The van der Waals surface area contributed by atoms with E-state index in [9.17, 15) is 4.39 Å². The fourth-order valence-corrected chi connectivity index (χ4v) is 1.95. The highest BCUT2D eigenvalue weighted by molar-refractivity contribution is 5.20.